The molecule has 4 rings (SSSR count). The molecule has 4 nitrogen and oxygen atoms in total. The number of fused-ring (bicyclic) bond motifs is 1. The number of aromatic nitrogens is 1. The Morgan fingerprint density at radius 1 is 0.875 bits per heavy atom. The van der Waals surface area contributed by atoms with Crippen molar-refractivity contribution in [3.05, 3.63) is 101 Å². The van der Waals surface area contributed by atoms with E-state index in [1.54, 1.807) is 6.07 Å². The normalized spacial score (nSPS) is 11.3. The van der Waals surface area contributed by atoms with Crippen LogP contribution in [0.2, 0.25) is 0 Å². The number of rotatable bonds is 7. The summed E-state index contributed by atoms with van der Waals surface area (Å²) in [5.74, 6) is -0.0638. The molecular weight excluding hydrogens is 396 g/mol. The van der Waals surface area contributed by atoms with Gasteiger partial charge in [0.2, 0.25) is 5.78 Å². The van der Waals surface area contributed by atoms with E-state index in [1.165, 1.54) is 0 Å². The molecule has 0 fully saturated rings. The summed E-state index contributed by atoms with van der Waals surface area (Å²) in [5, 5.41) is 0. The zero-order chi connectivity index (χ0) is 22.8. The Balaban J connectivity index is 1.82. The third-order valence-corrected chi connectivity index (χ3v) is 5.81. The second kappa shape index (κ2) is 8.93. The van der Waals surface area contributed by atoms with Crippen LogP contribution in [-0.2, 0) is 6.42 Å². The maximum atomic E-state index is 13.6. The summed E-state index contributed by atoms with van der Waals surface area (Å²) in [6, 6.07) is 23.6. The fourth-order valence-electron chi connectivity index (χ4n) is 4.20. The monoisotopic (exact) mass is 424 g/mol. The predicted octanol–water partition coefficient (Wildman–Crippen LogP) is 5.45. The molecule has 0 aliphatic carbocycles. The Morgan fingerprint density at radius 2 is 1.53 bits per heavy atom. The number of benzene rings is 2. The molecule has 0 amide bonds. The largest absolute Gasteiger partial charge is 0.310 e. The minimum Gasteiger partial charge on any atom is -0.310 e. The first-order chi connectivity index (χ1) is 15.4. The maximum absolute atomic E-state index is 13.6. The third-order valence-electron chi connectivity index (χ3n) is 5.81. The molecule has 0 atom stereocenters. The molecule has 0 unspecified atom stereocenters. The number of hydrogen-bond donors (Lipinski definition) is 0. The molecule has 4 heteroatoms. The summed E-state index contributed by atoms with van der Waals surface area (Å²) in [6.45, 7) is 4.35. The summed E-state index contributed by atoms with van der Waals surface area (Å²) >= 11 is 0. The Bertz CT molecular complexity index is 1280. The van der Waals surface area contributed by atoms with Crippen LogP contribution >= 0.6 is 0 Å². The van der Waals surface area contributed by atoms with E-state index in [4.69, 9.17) is 0 Å². The molecule has 0 spiro atoms. The first kappa shape index (κ1) is 21.7. The Hall–Kier alpha value is -3.50. The van der Waals surface area contributed by atoms with E-state index in [0.717, 1.165) is 34.3 Å². The minimum absolute atomic E-state index is 0.0197. The van der Waals surface area contributed by atoms with Crippen molar-refractivity contribution in [1.29, 1.82) is 0 Å². The molecule has 32 heavy (non-hydrogen) atoms. The van der Waals surface area contributed by atoms with Gasteiger partial charge in [0.25, 0.3) is 0 Å². The van der Waals surface area contributed by atoms with Gasteiger partial charge in [-0.2, -0.15) is 0 Å². The van der Waals surface area contributed by atoms with E-state index in [1.807, 2.05) is 78.9 Å². The Kier molecular flexibility index (Phi) is 6.06. The van der Waals surface area contributed by atoms with Gasteiger partial charge in [0.05, 0.1) is 17.8 Å². The second-order valence-corrected chi connectivity index (χ2v) is 8.41. The number of Topliss-reactive ketones (excluding diaryl/α,β-unsaturated/α-hetero) is 1. The van der Waals surface area contributed by atoms with Gasteiger partial charge in [-0.1, -0.05) is 67.6 Å². The zero-order valence-electron chi connectivity index (χ0n) is 19.1. The van der Waals surface area contributed by atoms with E-state index in [0.29, 0.717) is 23.4 Å². The highest BCUT2D eigenvalue weighted by Gasteiger charge is 2.23. The van der Waals surface area contributed by atoms with Crippen LogP contribution in [0, 0.1) is 6.92 Å². The molecule has 0 radical (unpaired) electrons. The van der Waals surface area contributed by atoms with E-state index in [-0.39, 0.29) is 11.6 Å². The molecule has 162 valence electrons. The van der Waals surface area contributed by atoms with E-state index in [2.05, 4.69) is 25.1 Å². The van der Waals surface area contributed by atoms with Gasteiger partial charge in [-0.15, -0.1) is 0 Å². The number of aryl methyl sites for hydroxylation is 2. The van der Waals surface area contributed by atoms with Crippen LogP contribution < -0.4 is 0 Å². The predicted molar refractivity (Wildman–Crippen MR) is 130 cm³/mol. The highest BCUT2D eigenvalue weighted by molar-refractivity contribution is 6.13. The van der Waals surface area contributed by atoms with Gasteiger partial charge >= 0.3 is 0 Å². The van der Waals surface area contributed by atoms with Crippen molar-refractivity contribution < 1.29 is 9.59 Å². The van der Waals surface area contributed by atoms with Crippen molar-refractivity contribution in [1.82, 2.24) is 9.30 Å². The van der Waals surface area contributed by atoms with Crippen molar-refractivity contribution >= 4 is 17.1 Å². The summed E-state index contributed by atoms with van der Waals surface area (Å²) < 4.78 is 1.95. The molecule has 4 aromatic rings. The highest BCUT2D eigenvalue weighted by Crippen LogP contribution is 2.27. The average Bonchev–Trinajstić information content (AvgIpc) is 3.21. The number of likely N-dealkylation sites (N-methyl/N-ethyl adjacent to an activating group) is 1. The van der Waals surface area contributed by atoms with Gasteiger partial charge in [-0.25, -0.2) is 0 Å². The molecule has 2 aromatic carbocycles. The van der Waals surface area contributed by atoms with E-state index in [9.17, 15) is 9.59 Å². The van der Waals surface area contributed by atoms with Gasteiger partial charge in [0, 0.05) is 16.8 Å². The first-order valence-electron chi connectivity index (χ1n) is 10.9. The number of ketones is 2. The summed E-state index contributed by atoms with van der Waals surface area (Å²) in [6.07, 6.45) is 0.787. The quantitative estimate of drug-likeness (QED) is 0.370. The SMILES string of the molecule is CCc1ccc(C)n2c(C(=O)c3ccc(-c4ccccc4)cc3)cc(C(=O)CN(C)C)c12. The molecule has 2 heterocycles. The number of pyridine rings is 1. The number of nitrogens with zero attached hydrogens (tertiary/aromatic N) is 2. The van der Waals surface area contributed by atoms with Gasteiger partial charge in [-0.3, -0.25) is 9.59 Å². The molecule has 0 bridgehead atoms. The molecule has 2 aromatic heterocycles. The zero-order valence-corrected chi connectivity index (χ0v) is 19.1. The van der Waals surface area contributed by atoms with E-state index < -0.39 is 0 Å². The molecule has 0 saturated heterocycles. The van der Waals surface area contributed by atoms with Crippen LogP contribution in [0.1, 0.15) is 44.6 Å². The Morgan fingerprint density at radius 3 is 2.16 bits per heavy atom. The van der Waals surface area contributed by atoms with Crippen molar-refractivity contribution in [2.24, 2.45) is 0 Å². The standard InChI is InChI=1S/C28H28N2O2/c1-5-20-12-11-19(2)30-25(17-24(27(20)30)26(31)18-29(3)4)28(32)23-15-13-22(14-16-23)21-9-7-6-8-10-21/h6-17H,5,18H2,1-4H3. The molecule has 0 N–H and O–H groups in total. The van der Waals surface area contributed by atoms with Crippen molar-refractivity contribution in [2.45, 2.75) is 20.3 Å². The minimum atomic E-state index is -0.0835. The molecule has 0 saturated carbocycles. The number of carbonyl (C=O) groups is 2. The summed E-state index contributed by atoms with van der Waals surface area (Å²) in [5.41, 5.74) is 6.78. The van der Waals surface area contributed by atoms with Gasteiger partial charge in [-0.05, 0) is 56.3 Å². The lowest BCUT2D eigenvalue weighted by atomic mass is 10.0. The lowest BCUT2D eigenvalue weighted by Crippen LogP contribution is -2.21. The molecule has 0 aliphatic heterocycles. The molecule has 0 aliphatic rings. The summed E-state index contributed by atoms with van der Waals surface area (Å²) in [7, 11) is 3.75. The van der Waals surface area contributed by atoms with Crippen molar-refractivity contribution in [3.8, 4) is 11.1 Å². The smallest absolute Gasteiger partial charge is 0.209 e. The van der Waals surface area contributed by atoms with E-state index >= 15 is 0 Å². The number of hydrogen-bond acceptors (Lipinski definition) is 3. The van der Waals surface area contributed by atoms with Crippen LogP contribution in [0.3, 0.4) is 0 Å². The second-order valence-electron chi connectivity index (χ2n) is 8.41. The van der Waals surface area contributed by atoms with Crippen molar-refractivity contribution in [3.63, 3.8) is 0 Å². The lowest BCUT2D eigenvalue weighted by molar-refractivity contribution is 0.0959. The average molecular weight is 425 g/mol. The number of carbonyl (C=O) groups excluding carboxylic acids is 2. The fourth-order valence-corrected chi connectivity index (χ4v) is 4.20. The maximum Gasteiger partial charge on any atom is 0.209 e. The fraction of sp³-hybridized carbons (Fsp3) is 0.214. The van der Waals surface area contributed by atoms with Crippen LogP contribution in [-0.4, -0.2) is 41.5 Å². The highest BCUT2D eigenvalue weighted by atomic mass is 16.1. The van der Waals surface area contributed by atoms with Gasteiger partial charge in [0.15, 0.2) is 5.78 Å². The van der Waals surface area contributed by atoms with Crippen LogP contribution in [0.15, 0.2) is 72.8 Å². The van der Waals surface area contributed by atoms with Crippen molar-refractivity contribution in [2.75, 3.05) is 20.6 Å². The van der Waals surface area contributed by atoms with Gasteiger partial charge < -0.3 is 9.30 Å². The third kappa shape index (κ3) is 4.02. The lowest BCUT2D eigenvalue weighted by Gasteiger charge is -2.11. The topological polar surface area (TPSA) is 41.8 Å². The Labute approximate surface area is 189 Å². The van der Waals surface area contributed by atoms with Gasteiger partial charge in [0.1, 0.15) is 0 Å². The van der Waals surface area contributed by atoms with Crippen LogP contribution in [0.5, 0.6) is 0 Å². The summed E-state index contributed by atoms with van der Waals surface area (Å²) in [4.78, 5) is 28.5. The van der Waals surface area contributed by atoms with Crippen LogP contribution in [0.25, 0.3) is 16.6 Å². The molecular formula is C28H28N2O2. The first-order valence-corrected chi connectivity index (χ1v) is 10.9. The van der Waals surface area contributed by atoms with Crippen LogP contribution in [0.4, 0.5) is 0 Å².